The second-order valence-corrected chi connectivity index (χ2v) is 15.9. The lowest BCUT2D eigenvalue weighted by atomic mass is 9.88. The van der Waals surface area contributed by atoms with Crippen LogP contribution in [0.4, 0.5) is 0 Å². The Labute approximate surface area is 343 Å². The summed E-state index contributed by atoms with van der Waals surface area (Å²) in [6.45, 7) is 3.30. The Morgan fingerprint density at radius 2 is 1.56 bits per heavy atom. The standard InChI is InChI=1S/C35H35Cl2N3O2S.C6H8O7.H2O/c1-39(35(41)31-20-24(22-38)19-27-7-3-4-8-29(27)31)23-28(26-11-12-32(36)33(37)21-26)15-18-40-16-13-25(14-17-40)30-9-5-6-10-34(30)43(2)42;7-3(8)1-6(13,5(11)12)2-4(9)10;/h3-12,19-21,25,28H,13-18,23H2,1-2H3;13H,1-2H2,(H,7,8)(H,9,10)(H,11,12);1H2/t28-,43-;;/m1../s1. The number of halogens is 2. The summed E-state index contributed by atoms with van der Waals surface area (Å²) in [5.74, 6) is -4.69. The number of hydrogen-bond donors (Lipinski definition) is 4. The van der Waals surface area contributed by atoms with Gasteiger partial charge in [-0.1, -0.05) is 71.7 Å². The van der Waals surface area contributed by atoms with Gasteiger partial charge in [-0.25, -0.2) is 4.79 Å². The number of likely N-dealkylation sites (tertiary alicyclic amines) is 1. The van der Waals surface area contributed by atoms with E-state index in [0.29, 0.717) is 33.6 Å². The zero-order valence-electron chi connectivity index (χ0n) is 31.4. The predicted molar refractivity (Wildman–Crippen MR) is 217 cm³/mol. The Balaban J connectivity index is 0.000000535. The van der Waals surface area contributed by atoms with Crippen LogP contribution >= 0.6 is 23.2 Å². The first-order valence-corrected chi connectivity index (χ1v) is 20.0. The molecule has 4 aromatic carbocycles. The van der Waals surface area contributed by atoms with Gasteiger partial charge >= 0.3 is 17.9 Å². The van der Waals surface area contributed by atoms with Crippen LogP contribution in [-0.2, 0) is 25.6 Å². The zero-order valence-corrected chi connectivity index (χ0v) is 33.7. The Hall–Kier alpha value is -4.72. The van der Waals surface area contributed by atoms with E-state index in [4.69, 9.17) is 43.6 Å². The van der Waals surface area contributed by atoms with Gasteiger partial charge in [-0.2, -0.15) is 5.26 Å². The highest BCUT2D eigenvalue weighted by atomic mass is 35.5. The summed E-state index contributed by atoms with van der Waals surface area (Å²) in [6, 6.07) is 27.2. The molecular formula is C41H45Cl2N3O10S. The van der Waals surface area contributed by atoms with Gasteiger partial charge in [0.1, 0.15) is 6.26 Å². The maximum Gasteiger partial charge on any atom is 0.336 e. The molecule has 0 aromatic heterocycles. The molecule has 1 fully saturated rings. The van der Waals surface area contributed by atoms with E-state index in [1.54, 1.807) is 17.2 Å². The lowest BCUT2D eigenvalue weighted by Crippen LogP contribution is -2.42. The van der Waals surface area contributed by atoms with Crippen LogP contribution in [0.3, 0.4) is 0 Å². The van der Waals surface area contributed by atoms with Crippen molar-refractivity contribution in [2.45, 2.75) is 54.4 Å². The van der Waals surface area contributed by atoms with Crippen LogP contribution in [0.2, 0.25) is 10.0 Å². The van der Waals surface area contributed by atoms with Crippen LogP contribution in [0.1, 0.15) is 71.0 Å². The fourth-order valence-electron chi connectivity index (χ4n) is 6.90. The number of nitriles is 1. The third-order valence-corrected chi connectivity index (χ3v) is 11.5. The first-order chi connectivity index (χ1) is 26.5. The predicted octanol–water partition coefficient (Wildman–Crippen LogP) is 5.81. The minimum absolute atomic E-state index is 0. The Morgan fingerprint density at radius 1 is 0.947 bits per heavy atom. The molecule has 0 spiro atoms. The first-order valence-electron chi connectivity index (χ1n) is 17.7. The quantitative estimate of drug-likeness (QED) is 0.111. The summed E-state index contributed by atoms with van der Waals surface area (Å²) in [6.07, 6.45) is 2.35. The van der Waals surface area contributed by atoms with Gasteiger partial charge < -0.3 is 40.3 Å². The van der Waals surface area contributed by atoms with Crippen molar-refractivity contribution in [2.75, 3.05) is 39.5 Å². The molecule has 0 aliphatic carbocycles. The molecule has 0 radical (unpaired) electrons. The number of hydrogen-bond acceptors (Lipinski definition) is 8. The molecule has 57 heavy (non-hydrogen) atoms. The molecule has 13 nitrogen and oxygen atoms in total. The highest BCUT2D eigenvalue weighted by molar-refractivity contribution is 7.90. The summed E-state index contributed by atoms with van der Waals surface area (Å²) in [5.41, 5.74) is 0.509. The minimum atomic E-state index is -2.74. The second kappa shape index (κ2) is 21.2. The highest BCUT2D eigenvalue weighted by Crippen LogP contribution is 2.34. The van der Waals surface area contributed by atoms with Crippen molar-refractivity contribution in [3.63, 3.8) is 0 Å². The molecule has 1 amide bonds. The Morgan fingerprint density at radius 3 is 2.14 bits per heavy atom. The normalized spacial score (nSPS) is 14.3. The number of carbonyl (C=O) groups is 4. The SMILES string of the molecule is CN(C[C@@H](CCN1CCC(c2ccccc2[S@@+](C)[O-])CC1)c1ccc(Cl)c(Cl)c1)C(=O)c1cc(C#N)cc2ccccc12.O.O=C(O)CC(O)(CC(=O)O)C(=O)O. The number of carbonyl (C=O) groups excluding carboxylic acids is 1. The number of piperidine rings is 1. The summed E-state index contributed by atoms with van der Waals surface area (Å²) >= 11 is 11.7. The number of carboxylic acids is 3. The van der Waals surface area contributed by atoms with Crippen molar-refractivity contribution in [2.24, 2.45) is 0 Å². The van der Waals surface area contributed by atoms with Crippen molar-refractivity contribution in [1.29, 1.82) is 5.26 Å². The Kier molecular flexibility index (Phi) is 17.3. The van der Waals surface area contributed by atoms with Gasteiger partial charge in [0, 0.05) is 30.6 Å². The molecule has 2 atom stereocenters. The first kappa shape index (κ1) is 46.7. The number of nitrogens with zero attached hydrogens (tertiary/aromatic N) is 3. The minimum Gasteiger partial charge on any atom is -0.612 e. The van der Waals surface area contributed by atoms with Crippen LogP contribution in [0.15, 0.2) is 83.8 Å². The van der Waals surface area contributed by atoms with Crippen LogP contribution in [0, 0.1) is 11.3 Å². The van der Waals surface area contributed by atoms with Gasteiger partial charge in [0.05, 0.1) is 34.5 Å². The molecule has 4 aromatic rings. The van der Waals surface area contributed by atoms with E-state index >= 15 is 0 Å². The molecule has 1 aliphatic rings. The van der Waals surface area contributed by atoms with Gasteiger partial charge in [-0.3, -0.25) is 14.4 Å². The smallest absolute Gasteiger partial charge is 0.336 e. The van der Waals surface area contributed by atoms with Crippen molar-refractivity contribution < 1.29 is 49.6 Å². The maximum absolute atomic E-state index is 13.8. The van der Waals surface area contributed by atoms with Crippen LogP contribution < -0.4 is 0 Å². The molecule has 0 unspecified atom stereocenters. The van der Waals surface area contributed by atoms with E-state index in [1.165, 1.54) is 5.56 Å². The van der Waals surface area contributed by atoms with E-state index in [0.717, 1.165) is 60.1 Å². The maximum atomic E-state index is 13.8. The van der Waals surface area contributed by atoms with Crippen LogP contribution in [0.5, 0.6) is 0 Å². The molecule has 1 heterocycles. The topological polar surface area (TPSA) is 234 Å². The van der Waals surface area contributed by atoms with Gasteiger partial charge in [0.2, 0.25) is 0 Å². The van der Waals surface area contributed by atoms with Crippen molar-refractivity contribution in [3.05, 3.63) is 111 Å². The zero-order chi connectivity index (χ0) is 41.2. The second-order valence-electron chi connectivity index (χ2n) is 13.8. The van der Waals surface area contributed by atoms with E-state index < -0.39 is 47.5 Å². The molecule has 16 heteroatoms. The van der Waals surface area contributed by atoms with Gasteiger partial charge in [-0.15, -0.1) is 0 Å². The van der Waals surface area contributed by atoms with Crippen LogP contribution in [-0.4, -0.2) is 109 Å². The van der Waals surface area contributed by atoms with Crippen molar-refractivity contribution >= 4 is 69.0 Å². The molecule has 0 bridgehead atoms. The van der Waals surface area contributed by atoms with Gasteiger partial charge in [0.15, 0.2) is 10.5 Å². The lowest BCUT2D eigenvalue weighted by Gasteiger charge is -2.34. The Bertz CT molecular complexity index is 2090. The van der Waals surface area contributed by atoms with E-state index in [1.807, 2.05) is 73.8 Å². The number of amides is 1. The molecule has 304 valence electrons. The summed E-state index contributed by atoms with van der Waals surface area (Å²) in [5, 5.41) is 46.1. The third kappa shape index (κ3) is 12.6. The molecular weight excluding hydrogens is 797 g/mol. The number of rotatable bonds is 14. The highest BCUT2D eigenvalue weighted by Gasteiger charge is 2.40. The van der Waals surface area contributed by atoms with E-state index in [2.05, 4.69) is 17.0 Å². The van der Waals surface area contributed by atoms with Crippen LogP contribution in [0.25, 0.3) is 10.8 Å². The number of fused-ring (bicyclic) bond motifs is 1. The fourth-order valence-corrected chi connectivity index (χ4v) is 8.04. The summed E-state index contributed by atoms with van der Waals surface area (Å²) in [4.78, 5) is 49.5. The van der Waals surface area contributed by atoms with Gasteiger partial charge in [0.25, 0.3) is 5.91 Å². The van der Waals surface area contributed by atoms with Crippen molar-refractivity contribution in [1.82, 2.24) is 9.80 Å². The van der Waals surface area contributed by atoms with E-state index in [9.17, 15) is 29.0 Å². The van der Waals surface area contributed by atoms with E-state index in [-0.39, 0.29) is 17.3 Å². The molecule has 1 saturated heterocycles. The van der Waals surface area contributed by atoms with Gasteiger partial charge in [-0.05, 0) is 103 Å². The summed E-state index contributed by atoms with van der Waals surface area (Å²) in [7, 11) is 1.82. The number of carboxylic acid groups (broad SMARTS) is 3. The molecule has 5 rings (SSSR count). The summed E-state index contributed by atoms with van der Waals surface area (Å²) < 4.78 is 12.3. The monoisotopic (exact) mass is 841 g/mol. The molecule has 1 aliphatic heterocycles. The number of aliphatic hydroxyl groups is 1. The van der Waals surface area contributed by atoms with Crippen molar-refractivity contribution in [3.8, 4) is 6.07 Å². The number of benzene rings is 4. The lowest BCUT2D eigenvalue weighted by molar-refractivity contribution is -0.170. The largest absolute Gasteiger partial charge is 0.612 e. The fraction of sp³-hybridized carbons (Fsp3) is 0.341. The number of likely N-dealkylation sites (N-methyl/N-ethyl adjacent to an activating group) is 1. The number of aliphatic carboxylic acids is 3. The average Bonchev–Trinajstić information content (AvgIpc) is 3.16. The third-order valence-electron chi connectivity index (χ3n) is 9.81. The molecule has 6 N–H and O–H groups in total. The average molecular weight is 843 g/mol. The molecule has 0 saturated carbocycles.